The van der Waals surface area contributed by atoms with E-state index in [1.807, 2.05) is 6.08 Å². The standard InChI is InChI=1S/C6H8Cl2.CHClO2/c1-2-3-5-4-6(5,7)8;2-1(3)4/h2,5H,1,3-4H2;(H,3,4). The first kappa shape index (κ1) is 12.1. The second-order valence-corrected chi connectivity index (χ2v) is 4.31. The maximum absolute atomic E-state index is 8.77. The van der Waals surface area contributed by atoms with Gasteiger partial charge in [0.1, 0.15) is 4.33 Å². The van der Waals surface area contributed by atoms with E-state index in [-0.39, 0.29) is 0 Å². The van der Waals surface area contributed by atoms with Crippen molar-refractivity contribution in [3.8, 4) is 0 Å². The number of alkyl halides is 2. The monoisotopic (exact) mass is 230 g/mol. The molecule has 1 N–H and O–H groups in total. The van der Waals surface area contributed by atoms with Gasteiger partial charge in [0.05, 0.1) is 0 Å². The molecule has 0 aliphatic heterocycles. The number of rotatable bonds is 2. The van der Waals surface area contributed by atoms with Crippen molar-refractivity contribution in [1.82, 2.24) is 0 Å². The number of halogens is 3. The van der Waals surface area contributed by atoms with Crippen LogP contribution in [0.5, 0.6) is 0 Å². The summed E-state index contributed by atoms with van der Waals surface area (Å²) in [6.07, 6.45) is 3.74. The Bertz CT molecular complexity index is 175. The van der Waals surface area contributed by atoms with Crippen LogP contribution in [0, 0.1) is 5.92 Å². The number of carboxylic acid groups (broad SMARTS) is 1. The Morgan fingerprint density at radius 3 is 2.17 bits per heavy atom. The molecule has 0 amide bonds. The molecule has 1 rings (SSSR count). The Balaban J connectivity index is 0.000000261. The SMILES string of the molecule is C=CCC1CC1(Cl)Cl.O=C(O)Cl. The quantitative estimate of drug-likeness (QED) is 0.447. The molecule has 12 heavy (non-hydrogen) atoms. The largest absolute Gasteiger partial charge is 0.469 e. The molecular formula is C7H9Cl3O2. The third-order valence-corrected chi connectivity index (χ3v) is 2.33. The van der Waals surface area contributed by atoms with E-state index in [0.717, 1.165) is 12.8 Å². The lowest BCUT2D eigenvalue weighted by atomic mass is 10.3. The van der Waals surface area contributed by atoms with Crippen LogP contribution in [-0.4, -0.2) is 14.9 Å². The van der Waals surface area contributed by atoms with Gasteiger partial charge in [-0.1, -0.05) is 6.08 Å². The van der Waals surface area contributed by atoms with Crippen LogP contribution in [0.25, 0.3) is 0 Å². The number of hydrogen-bond donors (Lipinski definition) is 1. The minimum absolute atomic E-state index is 0.409. The summed E-state index contributed by atoms with van der Waals surface area (Å²) in [4.78, 5) is 8.77. The summed E-state index contributed by atoms with van der Waals surface area (Å²) in [7, 11) is 0. The van der Waals surface area contributed by atoms with Crippen LogP contribution in [0.1, 0.15) is 12.8 Å². The second-order valence-electron chi connectivity index (χ2n) is 2.44. The maximum atomic E-state index is 8.77. The Labute approximate surface area is 86.1 Å². The first-order chi connectivity index (χ1) is 5.40. The molecule has 0 aromatic carbocycles. The minimum atomic E-state index is -1.36. The van der Waals surface area contributed by atoms with Gasteiger partial charge in [0.2, 0.25) is 0 Å². The van der Waals surface area contributed by atoms with Gasteiger partial charge in [-0.3, -0.25) is 0 Å². The molecule has 0 bridgehead atoms. The van der Waals surface area contributed by atoms with Gasteiger partial charge in [-0.15, -0.1) is 29.8 Å². The molecule has 1 aliphatic carbocycles. The lowest BCUT2D eigenvalue weighted by molar-refractivity contribution is 0.220. The summed E-state index contributed by atoms with van der Waals surface area (Å²) in [5, 5.41) is 7.18. The Morgan fingerprint density at radius 2 is 2.08 bits per heavy atom. The van der Waals surface area contributed by atoms with Crippen molar-refractivity contribution in [1.29, 1.82) is 0 Å². The van der Waals surface area contributed by atoms with Crippen molar-refractivity contribution < 1.29 is 9.90 Å². The van der Waals surface area contributed by atoms with Crippen LogP contribution in [0.15, 0.2) is 12.7 Å². The van der Waals surface area contributed by atoms with E-state index in [9.17, 15) is 0 Å². The predicted octanol–water partition coefficient (Wildman–Crippen LogP) is 3.66. The Hall–Kier alpha value is 0.0800. The van der Waals surface area contributed by atoms with Gasteiger partial charge in [0, 0.05) is 11.6 Å². The maximum Gasteiger partial charge on any atom is 0.401 e. The van der Waals surface area contributed by atoms with E-state index in [1.165, 1.54) is 0 Å². The van der Waals surface area contributed by atoms with Gasteiger partial charge in [0.15, 0.2) is 0 Å². The zero-order valence-electron chi connectivity index (χ0n) is 6.27. The average Bonchev–Trinajstić information content (AvgIpc) is 2.38. The van der Waals surface area contributed by atoms with Crippen LogP contribution in [0.2, 0.25) is 0 Å². The van der Waals surface area contributed by atoms with E-state index in [0.29, 0.717) is 5.92 Å². The highest BCUT2D eigenvalue weighted by Gasteiger charge is 2.50. The predicted molar refractivity (Wildman–Crippen MR) is 51.2 cm³/mol. The molecule has 0 aromatic heterocycles. The molecular weight excluding hydrogens is 222 g/mol. The summed E-state index contributed by atoms with van der Waals surface area (Å²) >= 11 is 15.6. The Kier molecular flexibility index (Phi) is 4.98. The topological polar surface area (TPSA) is 37.3 Å². The molecule has 1 saturated carbocycles. The van der Waals surface area contributed by atoms with E-state index in [4.69, 9.17) is 33.1 Å². The van der Waals surface area contributed by atoms with Gasteiger partial charge in [-0.05, 0) is 18.8 Å². The zero-order chi connectivity index (χ0) is 9.78. The van der Waals surface area contributed by atoms with E-state index >= 15 is 0 Å². The first-order valence-corrected chi connectivity index (χ1v) is 4.40. The lowest BCUT2D eigenvalue weighted by Crippen LogP contribution is -1.86. The highest BCUT2D eigenvalue weighted by Crippen LogP contribution is 2.54. The molecule has 70 valence electrons. The van der Waals surface area contributed by atoms with Gasteiger partial charge in [0.25, 0.3) is 0 Å². The van der Waals surface area contributed by atoms with Crippen LogP contribution in [-0.2, 0) is 0 Å². The minimum Gasteiger partial charge on any atom is -0.469 e. The molecule has 2 nitrogen and oxygen atoms in total. The third-order valence-electron chi connectivity index (χ3n) is 1.41. The van der Waals surface area contributed by atoms with Crippen molar-refractivity contribution in [3.05, 3.63) is 12.7 Å². The summed E-state index contributed by atoms with van der Waals surface area (Å²) in [5.41, 5.74) is -1.36. The first-order valence-electron chi connectivity index (χ1n) is 3.27. The second kappa shape index (κ2) is 4.95. The van der Waals surface area contributed by atoms with Crippen LogP contribution in [0.3, 0.4) is 0 Å². The van der Waals surface area contributed by atoms with E-state index in [1.54, 1.807) is 0 Å². The van der Waals surface area contributed by atoms with Gasteiger partial charge in [-0.25, -0.2) is 4.79 Å². The molecule has 5 heteroatoms. The lowest BCUT2D eigenvalue weighted by Gasteiger charge is -1.91. The fraction of sp³-hybridized carbons (Fsp3) is 0.571. The van der Waals surface area contributed by atoms with Crippen LogP contribution in [0.4, 0.5) is 4.79 Å². The summed E-state index contributed by atoms with van der Waals surface area (Å²) in [6.45, 7) is 3.59. The number of carbonyl (C=O) groups is 1. The van der Waals surface area contributed by atoms with Crippen molar-refractivity contribution in [2.24, 2.45) is 5.92 Å². The fourth-order valence-electron chi connectivity index (χ4n) is 0.727. The normalized spacial score (nSPS) is 23.4. The third kappa shape index (κ3) is 5.70. The smallest absolute Gasteiger partial charge is 0.401 e. The Morgan fingerprint density at radius 1 is 1.75 bits per heavy atom. The zero-order valence-corrected chi connectivity index (χ0v) is 8.53. The molecule has 1 atom stereocenters. The summed E-state index contributed by atoms with van der Waals surface area (Å²) in [6, 6.07) is 0. The molecule has 0 radical (unpaired) electrons. The van der Waals surface area contributed by atoms with Gasteiger partial charge in [-0.2, -0.15) is 0 Å². The molecule has 1 aliphatic rings. The molecule has 0 spiro atoms. The van der Waals surface area contributed by atoms with Crippen molar-refractivity contribution in [2.45, 2.75) is 17.2 Å². The van der Waals surface area contributed by atoms with Crippen molar-refractivity contribution >= 4 is 40.2 Å². The number of hydrogen-bond acceptors (Lipinski definition) is 1. The van der Waals surface area contributed by atoms with Gasteiger partial charge < -0.3 is 5.11 Å². The van der Waals surface area contributed by atoms with Crippen LogP contribution >= 0.6 is 34.8 Å². The number of allylic oxidation sites excluding steroid dienone is 1. The van der Waals surface area contributed by atoms with Crippen molar-refractivity contribution in [3.63, 3.8) is 0 Å². The van der Waals surface area contributed by atoms with E-state index < -0.39 is 9.76 Å². The molecule has 0 aromatic rings. The molecule has 0 saturated heterocycles. The van der Waals surface area contributed by atoms with E-state index in [2.05, 4.69) is 18.2 Å². The summed E-state index contributed by atoms with van der Waals surface area (Å²) < 4.78 is -0.409. The molecule has 1 unspecified atom stereocenters. The van der Waals surface area contributed by atoms with Gasteiger partial charge >= 0.3 is 5.43 Å². The highest BCUT2D eigenvalue weighted by molar-refractivity contribution is 6.60. The molecule has 1 fully saturated rings. The van der Waals surface area contributed by atoms with Crippen molar-refractivity contribution in [2.75, 3.05) is 0 Å². The van der Waals surface area contributed by atoms with Crippen LogP contribution < -0.4 is 0 Å². The fourth-order valence-corrected chi connectivity index (χ4v) is 1.28. The highest BCUT2D eigenvalue weighted by atomic mass is 35.5. The average molecular weight is 232 g/mol. The molecule has 0 heterocycles. The summed E-state index contributed by atoms with van der Waals surface area (Å²) in [5.74, 6) is 0.475.